The zero-order valence-electron chi connectivity index (χ0n) is 8.52. The second kappa shape index (κ2) is 4.37. The van der Waals surface area contributed by atoms with Gasteiger partial charge in [0.2, 0.25) is 0 Å². The second-order valence-electron chi connectivity index (χ2n) is 3.93. The Bertz CT molecular complexity index is 385. The molecule has 1 aromatic carbocycles. The highest BCUT2D eigenvalue weighted by molar-refractivity contribution is 9.10. The lowest BCUT2D eigenvalue weighted by Crippen LogP contribution is -2.36. The van der Waals surface area contributed by atoms with E-state index in [0.717, 1.165) is 37.3 Å². The molecule has 0 saturated carbocycles. The lowest BCUT2D eigenvalue weighted by molar-refractivity contribution is -0.137. The third-order valence-corrected chi connectivity index (χ3v) is 3.46. The number of alkyl halides is 3. The van der Waals surface area contributed by atoms with Gasteiger partial charge in [0, 0.05) is 11.0 Å². The SMILES string of the molecule is FC(F)(F)c1ccc(CN2CCC2)c(Br)c1. The number of nitrogens with zero attached hydrogens (tertiary/aromatic N) is 1. The first-order valence-corrected chi connectivity index (χ1v) is 5.84. The molecule has 1 fully saturated rings. The molecule has 1 aromatic rings. The summed E-state index contributed by atoms with van der Waals surface area (Å²) in [6.07, 6.45) is -3.09. The molecule has 88 valence electrons. The van der Waals surface area contributed by atoms with Crippen LogP contribution in [0.25, 0.3) is 0 Å². The summed E-state index contributed by atoms with van der Waals surface area (Å²) >= 11 is 3.19. The molecule has 0 radical (unpaired) electrons. The monoisotopic (exact) mass is 293 g/mol. The predicted molar refractivity (Wildman–Crippen MR) is 59.0 cm³/mol. The van der Waals surface area contributed by atoms with E-state index in [0.29, 0.717) is 4.47 Å². The van der Waals surface area contributed by atoms with Crippen LogP contribution in [0.4, 0.5) is 13.2 Å². The van der Waals surface area contributed by atoms with Crippen molar-refractivity contribution in [1.82, 2.24) is 4.90 Å². The molecular weight excluding hydrogens is 283 g/mol. The van der Waals surface area contributed by atoms with E-state index in [-0.39, 0.29) is 0 Å². The minimum absolute atomic E-state index is 0.536. The summed E-state index contributed by atoms with van der Waals surface area (Å²) in [5, 5.41) is 0. The van der Waals surface area contributed by atoms with E-state index in [2.05, 4.69) is 20.8 Å². The second-order valence-corrected chi connectivity index (χ2v) is 4.79. The number of halogens is 4. The summed E-state index contributed by atoms with van der Waals surface area (Å²) in [5.41, 5.74) is 0.305. The lowest BCUT2D eigenvalue weighted by Gasteiger charge is -2.31. The van der Waals surface area contributed by atoms with E-state index >= 15 is 0 Å². The average Bonchev–Trinajstić information content (AvgIpc) is 2.11. The van der Waals surface area contributed by atoms with Gasteiger partial charge in [-0.25, -0.2) is 0 Å². The van der Waals surface area contributed by atoms with Crippen LogP contribution in [0.2, 0.25) is 0 Å². The van der Waals surface area contributed by atoms with Crippen molar-refractivity contribution in [2.24, 2.45) is 0 Å². The van der Waals surface area contributed by atoms with Crippen molar-refractivity contribution in [3.8, 4) is 0 Å². The van der Waals surface area contributed by atoms with Crippen LogP contribution in [0.1, 0.15) is 17.5 Å². The minimum Gasteiger partial charge on any atom is -0.299 e. The molecule has 0 N–H and O–H groups in total. The molecule has 1 aliphatic heterocycles. The summed E-state index contributed by atoms with van der Waals surface area (Å²) < 4.78 is 37.8. The first kappa shape index (κ1) is 11.9. The summed E-state index contributed by atoms with van der Waals surface area (Å²) in [6.45, 7) is 2.79. The highest BCUT2D eigenvalue weighted by Gasteiger charge is 2.30. The van der Waals surface area contributed by atoms with E-state index in [9.17, 15) is 13.2 Å². The highest BCUT2D eigenvalue weighted by atomic mass is 79.9. The summed E-state index contributed by atoms with van der Waals surface area (Å²) in [5.74, 6) is 0. The molecule has 1 nitrogen and oxygen atoms in total. The molecule has 1 heterocycles. The van der Waals surface area contributed by atoms with E-state index in [1.165, 1.54) is 6.42 Å². The Hall–Kier alpha value is -0.550. The van der Waals surface area contributed by atoms with Crippen LogP contribution in [0.3, 0.4) is 0 Å². The zero-order valence-corrected chi connectivity index (χ0v) is 10.1. The average molecular weight is 294 g/mol. The Morgan fingerprint density at radius 2 is 1.94 bits per heavy atom. The summed E-state index contributed by atoms with van der Waals surface area (Å²) in [4.78, 5) is 2.20. The smallest absolute Gasteiger partial charge is 0.299 e. The Kier molecular flexibility index (Phi) is 3.26. The Balaban J connectivity index is 2.15. The van der Waals surface area contributed by atoms with Crippen molar-refractivity contribution < 1.29 is 13.2 Å². The summed E-state index contributed by atoms with van der Waals surface area (Å²) in [6, 6.07) is 3.83. The van der Waals surface area contributed by atoms with Gasteiger partial charge in [-0.15, -0.1) is 0 Å². The minimum atomic E-state index is -4.27. The van der Waals surface area contributed by atoms with Crippen LogP contribution >= 0.6 is 15.9 Å². The maximum atomic E-state index is 12.4. The van der Waals surface area contributed by atoms with Gasteiger partial charge in [0.25, 0.3) is 0 Å². The molecule has 0 unspecified atom stereocenters. The molecule has 16 heavy (non-hydrogen) atoms. The molecule has 0 aromatic heterocycles. The fourth-order valence-corrected chi connectivity index (χ4v) is 2.14. The van der Waals surface area contributed by atoms with Gasteiger partial charge in [0.15, 0.2) is 0 Å². The topological polar surface area (TPSA) is 3.24 Å². The third kappa shape index (κ3) is 2.58. The highest BCUT2D eigenvalue weighted by Crippen LogP contribution is 2.32. The van der Waals surface area contributed by atoms with Gasteiger partial charge in [-0.05, 0) is 37.2 Å². The van der Waals surface area contributed by atoms with Crippen LogP contribution in [-0.2, 0) is 12.7 Å². The van der Waals surface area contributed by atoms with Crippen LogP contribution < -0.4 is 0 Å². The molecule has 5 heteroatoms. The molecule has 0 atom stereocenters. The summed E-state index contributed by atoms with van der Waals surface area (Å²) in [7, 11) is 0. The number of rotatable bonds is 2. The standard InChI is InChI=1S/C11H11BrF3N/c12-10-6-9(11(13,14)15)3-2-8(10)7-16-4-1-5-16/h2-3,6H,1,4-5,7H2. The van der Waals surface area contributed by atoms with Gasteiger partial charge < -0.3 is 0 Å². The van der Waals surface area contributed by atoms with Crippen molar-refractivity contribution in [2.75, 3.05) is 13.1 Å². The molecule has 0 bridgehead atoms. The van der Waals surface area contributed by atoms with Crippen LogP contribution in [-0.4, -0.2) is 18.0 Å². The number of likely N-dealkylation sites (tertiary alicyclic amines) is 1. The van der Waals surface area contributed by atoms with Gasteiger partial charge in [-0.1, -0.05) is 22.0 Å². The van der Waals surface area contributed by atoms with E-state index in [1.807, 2.05) is 0 Å². The molecular formula is C11H11BrF3N. The van der Waals surface area contributed by atoms with Gasteiger partial charge in [-0.3, -0.25) is 4.90 Å². The quantitative estimate of drug-likeness (QED) is 0.804. The lowest BCUT2D eigenvalue weighted by atomic mass is 10.1. The predicted octanol–water partition coefficient (Wildman–Crippen LogP) is 3.67. The maximum Gasteiger partial charge on any atom is 0.416 e. The largest absolute Gasteiger partial charge is 0.416 e. The Labute approximate surface area is 100 Å². The van der Waals surface area contributed by atoms with E-state index in [1.54, 1.807) is 6.07 Å². The molecule has 1 saturated heterocycles. The Morgan fingerprint density at radius 1 is 1.25 bits per heavy atom. The van der Waals surface area contributed by atoms with Crippen molar-refractivity contribution in [3.05, 3.63) is 33.8 Å². The van der Waals surface area contributed by atoms with Crippen molar-refractivity contribution in [1.29, 1.82) is 0 Å². The fourth-order valence-electron chi connectivity index (χ4n) is 1.63. The molecule has 2 rings (SSSR count). The fraction of sp³-hybridized carbons (Fsp3) is 0.455. The van der Waals surface area contributed by atoms with Crippen molar-refractivity contribution >= 4 is 15.9 Å². The zero-order chi connectivity index (χ0) is 11.8. The van der Waals surface area contributed by atoms with E-state index < -0.39 is 11.7 Å². The van der Waals surface area contributed by atoms with Crippen LogP contribution in [0, 0.1) is 0 Å². The molecule has 1 aliphatic rings. The Morgan fingerprint density at radius 3 is 2.38 bits per heavy atom. The molecule has 0 aliphatic carbocycles. The first-order chi connectivity index (χ1) is 7.47. The van der Waals surface area contributed by atoms with Crippen molar-refractivity contribution in [3.63, 3.8) is 0 Å². The number of hydrogen-bond acceptors (Lipinski definition) is 1. The van der Waals surface area contributed by atoms with Gasteiger partial charge in [0.1, 0.15) is 0 Å². The van der Waals surface area contributed by atoms with Gasteiger partial charge >= 0.3 is 6.18 Å². The van der Waals surface area contributed by atoms with Crippen LogP contribution in [0.15, 0.2) is 22.7 Å². The first-order valence-electron chi connectivity index (χ1n) is 5.05. The van der Waals surface area contributed by atoms with Gasteiger partial charge in [-0.2, -0.15) is 13.2 Å². The molecule has 0 spiro atoms. The van der Waals surface area contributed by atoms with Crippen LogP contribution in [0.5, 0.6) is 0 Å². The van der Waals surface area contributed by atoms with E-state index in [4.69, 9.17) is 0 Å². The number of hydrogen-bond donors (Lipinski definition) is 0. The maximum absolute atomic E-state index is 12.4. The third-order valence-electron chi connectivity index (χ3n) is 2.72. The van der Waals surface area contributed by atoms with Crippen molar-refractivity contribution in [2.45, 2.75) is 19.1 Å². The normalized spacial score (nSPS) is 17.2. The number of benzene rings is 1. The van der Waals surface area contributed by atoms with Gasteiger partial charge in [0.05, 0.1) is 5.56 Å². The molecule has 0 amide bonds.